The number of aryl methyl sites for hydroxylation is 2. The molecule has 0 radical (unpaired) electrons. The highest BCUT2D eigenvalue weighted by Gasteiger charge is 2.01. The second-order valence-corrected chi connectivity index (χ2v) is 4.83. The van der Waals surface area contributed by atoms with Gasteiger partial charge in [0.05, 0.1) is 0 Å². The molecule has 17 heavy (non-hydrogen) atoms. The van der Waals surface area contributed by atoms with Crippen molar-refractivity contribution in [3.05, 3.63) is 70.3 Å². The Kier molecular flexibility index (Phi) is 3.86. The predicted molar refractivity (Wildman–Crippen MR) is 74.7 cm³/mol. The molecule has 0 saturated heterocycles. The molecule has 0 N–H and O–H groups in total. The van der Waals surface area contributed by atoms with E-state index in [1.165, 1.54) is 27.8 Å². The molecule has 0 saturated carbocycles. The van der Waals surface area contributed by atoms with Crippen molar-refractivity contribution in [1.82, 2.24) is 0 Å². The van der Waals surface area contributed by atoms with Crippen molar-refractivity contribution in [2.45, 2.75) is 26.1 Å². The summed E-state index contributed by atoms with van der Waals surface area (Å²) in [4.78, 5) is 0. The lowest BCUT2D eigenvalue weighted by Gasteiger charge is -2.08. The van der Waals surface area contributed by atoms with Crippen LogP contribution in [0, 0.1) is 13.8 Å². The minimum atomic E-state index is 0.589. The fraction of sp³-hybridized carbons (Fsp3) is 0.250. The van der Waals surface area contributed by atoms with E-state index in [0.717, 1.165) is 6.42 Å². The van der Waals surface area contributed by atoms with Gasteiger partial charge in [0.15, 0.2) is 0 Å². The van der Waals surface area contributed by atoms with Crippen LogP contribution >= 0.6 is 11.6 Å². The van der Waals surface area contributed by atoms with Crippen LogP contribution in [0.1, 0.15) is 27.8 Å². The van der Waals surface area contributed by atoms with Gasteiger partial charge in [-0.15, -0.1) is 11.6 Å². The van der Waals surface area contributed by atoms with Gasteiger partial charge in [0.25, 0.3) is 0 Å². The van der Waals surface area contributed by atoms with E-state index >= 15 is 0 Å². The molecule has 2 aromatic carbocycles. The topological polar surface area (TPSA) is 0 Å². The summed E-state index contributed by atoms with van der Waals surface area (Å²) in [7, 11) is 0. The first-order chi connectivity index (χ1) is 8.19. The number of hydrogen-bond donors (Lipinski definition) is 0. The lowest BCUT2D eigenvalue weighted by Crippen LogP contribution is -1.93. The lowest BCUT2D eigenvalue weighted by molar-refractivity contribution is 1.14. The molecule has 0 aliphatic rings. The van der Waals surface area contributed by atoms with Crippen LogP contribution in [0.15, 0.2) is 42.5 Å². The Hall–Kier alpha value is -1.27. The second kappa shape index (κ2) is 5.37. The van der Waals surface area contributed by atoms with Crippen molar-refractivity contribution in [3.8, 4) is 0 Å². The van der Waals surface area contributed by atoms with Crippen LogP contribution in [0.25, 0.3) is 0 Å². The first kappa shape index (κ1) is 12.2. The minimum absolute atomic E-state index is 0.589. The predicted octanol–water partition coefficient (Wildman–Crippen LogP) is 4.63. The molecule has 0 heterocycles. The molecular weight excluding hydrogens is 228 g/mol. The Morgan fingerprint density at radius 2 is 1.76 bits per heavy atom. The molecule has 0 bridgehead atoms. The normalized spacial score (nSPS) is 10.5. The zero-order valence-corrected chi connectivity index (χ0v) is 11.1. The van der Waals surface area contributed by atoms with E-state index in [4.69, 9.17) is 11.6 Å². The van der Waals surface area contributed by atoms with Gasteiger partial charge >= 0.3 is 0 Å². The summed E-state index contributed by atoms with van der Waals surface area (Å²) >= 11 is 5.83. The van der Waals surface area contributed by atoms with Crippen LogP contribution < -0.4 is 0 Å². The van der Waals surface area contributed by atoms with Crippen molar-refractivity contribution in [2.24, 2.45) is 0 Å². The number of alkyl halides is 1. The lowest BCUT2D eigenvalue weighted by atomic mass is 9.98. The molecule has 2 aromatic rings. The molecule has 0 amide bonds. The molecule has 0 aromatic heterocycles. The first-order valence-electron chi connectivity index (χ1n) is 5.89. The molecule has 0 spiro atoms. The zero-order chi connectivity index (χ0) is 12.3. The zero-order valence-electron chi connectivity index (χ0n) is 10.3. The summed E-state index contributed by atoms with van der Waals surface area (Å²) in [6, 6.07) is 15.2. The smallest absolute Gasteiger partial charge is 0.0474 e. The van der Waals surface area contributed by atoms with Crippen LogP contribution in [0.4, 0.5) is 0 Å². The fourth-order valence-electron chi connectivity index (χ4n) is 2.08. The number of rotatable bonds is 3. The summed E-state index contributed by atoms with van der Waals surface area (Å²) in [5, 5.41) is 0. The van der Waals surface area contributed by atoms with E-state index in [9.17, 15) is 0 Å². The summed E-state index contributed by atoms with van der Waals surface area (Å²) in [5.74, 6) is 0.589. The van der Waals surface area contributed by atoms with E-state index in [1.807, 2.05) is 0 Å². The highest BCUT2D eigenvalue weighted by molar-refractivity contribution is 6.17. The van der Waals surface area contributed by atoms with E-state index in [1.54, 1.807) is 0 Å². The van der Waals surface area contributed by atoms with Crippen LogP contribution in [0.2, 0.25) is 0 Å². The molecule has 0 unspecified atom stereocenters. The van der Waals surface area contributed by atoms with Crippen LogP contribution in [0.3, 0.4) is 0 Å². The summed E-state index contributed by atoms with van der Waals surface area (Å²) in [6.45, 7) is 4.29. The van der Waals surface area contributed by atoms with Crippen molar-refractivity contribution >= 4 is 11.6 Å². The third-order valence-electron chi connectivity index (χ3n) is 3.04. The third kappa shape index (κ3) is 3.10. The number of halogens is 1. The molecule has 2 rings (SSSR count). The maximum atomic E-state index is 5.83. The highest BCUT2D eigenvalue weighted by Crippen LogP contribution is 2.17. The average Bonchev–Trinajstić information content (AvgIpc) is 2.32. The largest absolute Gasteiger partial charge is 0.122 e. The van der Waals surface area contributed by atoms with Crippen LogP contribution in [0.5, 0.6) is 0 Å². The molecule has 0 fully saturated rings. The highest BCUT2D eigenvalue weighted by atomic mass is 35.5. The number of benzene rings is 2. The van der Waals surface area contributed by atoms with Crippen molar-refractivity contribution in [3.63, 3.8) is 0 Å². The van der Waals surface area contributed by atoms with Gasteiger partial charge in [-0.25, -0.2) is 0 Å². The standard InChI is InChI=1S/C16H17Cl/c1-12-4-3-5-14(8-12)10-16-7-6-15(11-17)9-13(16)2/h3-9H,10-11H2,1-2H3. The van der Waals surface area contributed by atoms with E-state index in [0.29, 0.717) is 5.88 Å². The Bertz CT molecular complexity index is 515. The third-order valence-corrected chi connectivity index (χ3v) is 3.35. The van der Waals surface area contributed by atoms with Crippen LogP contribution in [-0.2, 0) is 12.3 Å². The van der Waals surface area contributed by atoms with Crippen LogP contribution in [-0.4, -0.2) is 0 Å². The molecule has 1 heteroatoms. The van der Waals surface area contributed by atoms with Gasteiger partial charge < -0.3 is 0 Å². The maximum Gasteiger partial charge on any atom is 0.0474 e. The van der Waals surface area contributed by atoms with E-state index in [2.05, 4.69) is 56.3 Å². The molecule has 0 atom stereocenters. The summed E-state index contributed by atoms with van der Waals surface area (Å²) in [5.41, 5.74) is 6.58. The quantitative estimate of drug-likeness (QED) is 0.691. The minimum Gasteiger partial charge on any atom is -0.122 e. The Morgan fingerprint density at radius 3 is 2.41 bits per heavy atom. The maximum absolute atomic E-state index is 5.83. The van der Waals surface area contributed by atoms with Gasteiger partial charge in [-0.2, -0.15) is 0 Å². The van der Waals surface area contributed by atoms with Gasteiger partial charge in [0.2, 0.25) is 0 Å². The van der Waals surface area contributed by atoms with Crippen molar-refractivity contribution in [1.29, 1.82) is 0 Å². The summed E-state index contributed by atoms with van der Waals surface area (Å²) in [6.07, 6.45) is 0.996. The van der Waals surface area contributed by atoms with Crippen molar-refractivity contribution < 1.29 is 0 Å². The summed E-state index contributed by atoms with van der Waals surface area (Å²) < 4.78 is 0. The Balaban J connectivity index is 2.24. The second-order valence-electron chi connectivity index (χ2n) is 4.56. The average molecular weight is 245 g/mol. The monoisotopic (exact) mass is 244 g/mol. The molecule has 88 valence electrons. The van der Waals surface area contributed by atoms with Gasteiger partial charge in [0, 0.05) is 5.88 Å². The van der Waals surface area contributed by atoms with Gasteiger partial charge in [0.1, 0.15) is 0 Å². The molecular formula is C16H17Cl. The molecule has 0 nitrogen and oxygen atoms in total. The van der Waals surface area contributed by atoms with Gasteiger partial charge in [-0.05, 0) is 42.5 Å². The van der Waals surface area contributed by atoms with Crippen molar-refractivity contribution in [2.75, 3.05) is 0 Å². The number of hydrogen-bond acceptors (Lipinski definition) is 0. The SMILES string of the molecule is Cc1cccc(Cc2ccc(CCl)cc2C)c1. The fourth-order valence-corrected chi connectivity index (χ4v) is 2.25. The van der Waals surface area contributed by atoms with E-state index < -0.39 is 0 Å². The van der Waals surface area contributed by atoms with Gasteiger partial charge in [-0.1, -0.05) is 48.0 Å². The first-order valence-corrected chi connectivity index (χ1v) is 6.42. The Labute approximate surface area is 108 Å². The molecule has 0 aliphatic carbocycles. The van der Waals surface area contributed by atoms with Gasteiger partial charge in [-0.3, -0.25) is 0 Å². The molecule has 0 aliphatic heterocycles. The van der Waals surface area contributed by atoms with E-state index in [-0.39, 0.29) is 0 Å². The Morgan fingerprint density at radius 1 is 0.941 bits per heavy atom.